The fourth-order valence-electron chi connectivity index (χ4n) is 3.05. The predicted molar refractivity (Wildman–Crippen MR) is 116 cm³/mol. The molecule has 0 saturated heterocycles. The van der Waals surface area contributed by atoms with Crippen molar-refractivity contribution >= 4 is 33.1 Å². The molecule has 30 heavy (non-hydrogen) atoms. The topological polar surface area (TPSA) is 126 Å². The molecule has 0 amide bonds. The molecule has 0 aliphatic carbocycles. The number of nitrogen functional groups attached to an aromatic ring is 1. The van der Waals surface area contributed by atoms with E-state index in [1.54, 1.807) is 18.2 Å². The number of nitrogens with two attached hydrogens (primary N) is 1. The molecule has 4 rings (SSSR count). The van der Waals surface area contributed by atoms with Gasteiger partial charge in [0.15, 0.2) is 17.3 Å². The van der Waals surface area contributed by atoms with Gasteiger partial charge in [-0.2, -0.15) is 5.11 Å². The summed E-state index contributed by atoms with van der Waals surface area (Å²) in [7, 11) is 1.50. The average Bonchev–Trinajstić information content (AvgIpc) is 3.14. The van der Waals surface area contributed by atoms with E-state index >= 15 is 0 Å². The third kappa shape index (κ3) is 3.80. The summed E-state index contributed by atoms with van der Waals surface area (Å²) in [5.41, 5.74) is 9.55. The molecule has 0 atom stereocenters. The summed E-state index contributed by atoms with van der Waals surface area (Å²) in [5, 5.41) is 28.3. The van der Waals surface area contributed by atoms with E-state index in [-0.39, 0.29) is 18.9 Å². The minimum absolute atomic E-state index is 0.0496. The Hall–Kier alpha value is -3.56. The van der Waals surface area contributed by atoms with E-state index in [0.29, 0.717) is 22.8 Å². The zero-order valence-electron chi connectivity index (χ0n) is 16.1. The Kier molecular flexibility index (Phi) is 5.55. The number of thiophene rings is 1. The van der Waals surface area contributed by atoms with E-state index in [4.69, 9.17) is 10.5 Å². The number of hydrogen-bond acceptors (Lipinski definition) is 9. The molecular formula is C21H19N5O3S. The zero-order chi connectivity index (χ0) is 21.1. The number of aromatic hydroxyl groups is 1. The molecule has 0 saturated carbocycles. The number of methoxy groups -OCH3 is 1. The van der Waals surface area contributed by atoms with Gasteiger partial charge in [0, 0.05) is 16.1 Å². The predicted octanol–water partition coefficient (Wildman–Crippen LogP) is 4.43. The Morgan fingerprint density at radius 2 is 1.93 bits per heavy atom. The summed E-state index contributed by atoms with van der Waals surface area (Å²) in [6.07, 6.45) is 1.41. The summed E-state index contributed by atoms with van der Waals surface area (Å²) >= 11 is 1.45. The molecule has 2 heterocycles. The summed E-state index contributed by atoms with van der Waals surface area (Å²) in [6, 6.07) is 12.5. The van der Waals surface area contributed by atoms with Crippen molar-refractivity contribution in [2.75, 3.05) is 12.8 Å². The van der Waals surface area contributed by atoms with Crippen molar-refractivity contribution in [3.05, 3.63) is 59.9 Å². The van der Waals surface area contributed by atoms with Crippen LogP contribution >= 0.6 is 11.3 Å². The number of anilines is 1. The van der Waals surface area contributed by atoms with E-state index in [9.17, 15) is 10.2 Å². The van der Waals surface area contributed by atoms with Gasteiger partial charge in [-0.15, -0.1) is 16.5 Å². The molecular weight excluding hydrogens is 402 g/mol. The number of azo groups is 1. The van der Waals surface area contributed by atoms with Gasteiger partial charge in [-0.1, -0.05) is 18.2 Å². The second kappa shape index (κ2) is 8.44. The van der Waals surface area contributed by atoms with Gasteiger partial charge < -0.3 is 20.7 Å². The number of ether oxygens (including phenoxy) is 1. The van der Waals surface area contributed by atoms with Gasteiger partial charge in [0.25, 0.3) is 0 Å². The monoisotopic (exact) mass is 421 g/mol. The number of benzene rings is 2. The summed E-state index contributed by atoms with van der Waals surface area (Å²) < 4.78 is 5.79. The molecule has 2 aromatic heterocycles. The molecule has 0 fully saturated rings. The first-order valence-corrected chi connectivity index (χ1v) is 9.89. The van der Waals surface area contributed by atoms with E-state index < -0.39 is 0 Å². The first-order chi connectivity index (χ1) is 14.6. The van der Waals surface area contributed by atoms with E-state index in [1.165, 1.54) is 24.8 Å². The van der Waals surface area contributed by atoms with Gasteiger partial charge in [0.2, 0.25) is 0 Å². The number of aliphatic hydroxyl groups is 1. The second-order valence-electron chi connectivity index (χ2n) is 6.47. The van der Waals surface area contributed by atoms with Crippen LogP contribution in [0.15, 0.2) is 59.0 Å². The Balaban J connectivity index is 1.67. The smallest absolute Gasteiger partial charge is 0.195 e. The van der Waals surface area contributed by atoms with E-state index in [0.717, 1.165) is 26.3 Å². The average molecular weight is 421 g/mol. The Morgan fingerprint density at radius 1 is 1.13 bits per heavy atom. The van der Waals surface area contributed by atoms with Crippen molar-refractivity contribution in [3.8, 4) is 21.9 Å². The van der Waals surface area contributed by atoms with Crippen LogP contribution in [0.3, 0.4) is 0 Å². The molecule has 0 spiro atoms. The van der Waals surface area contributed by atoms with Gasteiger partial charge in [0.05, 0.1) is 25.8 Å². The maximum Gasteiger partial charge on any atom is 0.195 e. The largest absolute Gasteiger partial charge is 0.504 e. The molecule has 2 aromatic carbocycles. The minimum Gasteiger partial charge on any atom is -0.504 e. The number of fused-ring (bicyclic) bond motifs is 1. The number of aliphatic hydroxyl groups excluding tert-OH is 1. The second-order valence-corrected chi connectivity index (χ2v) is 7.49. The van der Waals surface area contributed by atoms with E-state index in [2.05, 4.69) is 20.2 Å². The summed E-state index contributed by atoms with van der Waals surface area (Å²) in [5.74, 6) is 0.881. The number of phenolic OH excluding ortho intramolecular Hbond substituents is 1. The quantitative estimate of drug-likeness (QED) is 0.312. The number of hydrogen-bond donors (Lipinski definition) is 3. The van der Waals surface area contributed by atoms with Crippen LogP contribution in [0.25, 0.3) is 20.7 Å². The van der Waals surface area contributed by atoms with Crippen LogP contribution in [-0.2, 0) is 13.2 Å². The van der Waals surface area contributed by atoms with Crippen LogP contribution in [0, 0.1) is 0 Å². The summed E-state index contributed by atoms with van der Waals surface area (Å²) in [6.45, 7) is 0.116. The normalized spacial score (nSPS) is 11.4. The summed E-state index contributed by atoms with van der Waals surface area (Å²) in [4.78, 5) is 9.48. The fraction of sp³-hybridized carbons (Fsp3) is 0.143. The molecule has 152 valence electrons. The first kappa shape index (κ1) is 19.7. The number of rotatable bonds is 6. The van der Waals surface area contributed by atoms with Crippen LogP contribution < -0.4 is 10.5 Å². The van der Waals surface area contributed by atoms with Crippen LogP contribution in [0.1, 0.15) is 11.1 Å². The van der Waals surface area contributed by atoms with Crippen molar-refractivity contribution in [2.24, 2.45) is 10.2 Å². The molecule has 4 aromatic rings. The third-order valence-electron chi connectivity index (χ3n) is 4.54. The van der Waals surface area contributed by atoms with Crippen molar-refractivity contribution < 1.29 is 14.9 Å². The lowest BCUT2D eigenvalue weighted by molar-refractivity contribution is 0.284. The number of phenols is 1. The molecule has 9 heteroatoms. The van der Waals surface area contributed by atoms with Crippen LogP contribution in [0.5, 0.6) is 11.5 Å². The van der Waals surface area contributed by atoms with Crippen molar-refractivity contribution in [1.29, 1.82) is 0 Å². The molecule has 0 aliphatic rings. The third-order valence-corrected chi connectivity index (χ3v) is 5.81. The van der Waals surface area contributed by atoms with Gasteiger partial charge in [0.1, 0.15) is 11.0 Å². The van der Waals surface area contributed by atoms with Gasteiger partial charge in [-0.3, -0.25) is 0 Å². The van der Waals surface area contributed by atoms with Crippen LogP contribution in [-0.4, -0.2) is 27.3 Å². The van der Waals surface area contributed by atoms with Crippen molar-refractivity contribution in [1.82, 2.24) is 9.97 Å². The SMILES string of the molecule is COc1ccc(CN=Nc2ncnc3c(CO)c(-c4ccc(N)cc4)sc23)cc1O. The van der Waals surface area contributed by atoms with Crippen molar-refractivity contribution in [3.63, 3.8) is 0 Å². The highest BCUT2D eigenvalue weighted by Crippen LogP contribution is 2.41. The molecule has 0 unspecified atom stereocenters. The molecule has 8 nitrogen and oxygen atoms in total. The maximum absolute atomic E-state index is 9.94. The lowest BCUT2D eigenvalue weighted by atomic mass is 10.1. The van der Waals surface area contributed by atoms with Crippen molar-refractivity contribution in [2.45, 2.75) is 13.2 Å². The Morgan fingerprint density at radius 3 is 2.63 bits per heavy atom. The Labute approximate surface area is 176 Å². The standard InChI is InChI=1S/C21H19N5O3S/c1-29-17-7-2-12(8-16(17)28)9-25-26-21-20-18(23-11-24-21)15(10-27)19(30-20)13-3-5-14(22)6-4-13/h2-8,11,27-28H,9-10,22H2,1H3. The van der Waals surface area contributed by atoms with Gasteiger partial charge in [-0.25, -0.2) is 9.97 Å². The van der Waals surface area contributed by atoms with Gasteiger partial charge in [-0.05, 0) is 35.4 Å². The fourth-order valence-corrected chi connectivity index (χ4v) is 4.25. The highest BCUT2D eigenvalue weighted by Gasteiger charge is 2.17. The molecule has 0 aliphatic heterocycles. The highest BCUT2D eigenvalue weighted by molar-refractivity contribution is 7.23. The first-order valence-electron chi connectivity index (χ1n) is 9.07. The molecule has 0 bridgehead atoms. The molecule has 0 radical (unpaired) electrons. The zero-order valence-corrected chi connectivity index (χ0v) is 16.9. The molecule has 4 N–H and O–H groups in total. The maximum atomic E-state index is 9.94. The van der Waals surface area contributed by atoms with Crippen LogP contribution in [0.2, 0.25) is 0 Å². The van der Waals surface area contributed by atoms with Crippen LogP contribution in [0.4, 0.5) is 11.5 Å². The van der Waals surface area contributed by atoms with E-state index in [1.807, 2.05) is 24.3 Å². The number of aromatic nitrogens is 2. The Bertz CT molecular complexity index is 1220. The number of nitrogens with zero attached hydrogens (tertiary/aromatic N) is 4. The minimum atomic E-state index is -0.154. The lowest BCUT2D eigenvalue weighted by Gasteiger charge is -2.03. The van der Waals surface area contributed by atoms with Gasteiger partial charge >= 0.3 is 0 Å². The lowest BCUT2D eigenvalue weighted by Crippen LogP contribution is -1.88. The highest BCUT2D eigenvalue weighted by atomic mass is 32.1.